The molecule has 3 nitrogen and oxygen atoms in total. The number of benzene rings is 1. The van der Waals surface area contributed by atoms with Crippen molar-refractivity contribution in [2.45, 2.75) is 32.7 Å². The minimum absolute atomic E-state index is 0.172. The van der Waals surface area contributed by atoms with Crippen molar-refractivity contribution in [3.63, 3.8) is 0 Å². The van der Waals surface area contributed by atoms with Gasteiger partial charge in [0.15, 0.2) is 0 Å². The van der Waals surface area contributed by atoms with Gasteiger partial charge in [-0.2, -0.15) is 8.78 Å². The fourth-order valence-electron chi connectivity index (χ4n) is 3.43. The zero-order valence-electron chi connectivity index (χ0n) is 15.2. The van der Waals surface area contributed by atoms with Gasteiger partial charge in [-0.05, 0) is 23.8 Å². The van der Waals surface area contributed by atoms with Crippen LogP contribution < -0.4 is 0 Å². The lowest BCUT2D eigenvalue weighted by Crippen LogP contribution is -2.14. The highest BCUT2D eigenvalue weighted by molar-refractivity contribution is 6.31. The van der Waals surface area contributed by atoms with Crippen molar-refractivity contribution in [1.29, 1.82) is 0 Å². The quantitative estimate of drug-likeness (QED) is 0.389. The largest absolute Gasteiger partial charge is 0.319 e. The van der Waals surface area contributed by atoms with Crippen LogP contribution in [0, 0.1) is 0 Å². The minimum Gasteiger partial charge on any atom is -0.284 e. The molecule has 6 heteroatoms. The number of halogens is 3. The first-order chi connectivity index (χ1) is 12.8. The summed E-state index contributed by atoms with van der Waals surface area (Å²) < 4.78 is 28.5. The zero-order valence-corrected chi connectivity index (χ0v) is 15.9. The molecule has 0 saturated heterocycles. The second-order valence-electron chi connectivity index (χ2n) is 7.58. The van der Waals surface area contributed by atoms with Crippen molar-refractivity contribution >= 4 is 33.4 Å². The third kappa shape index (κ3) is 2.96. The number of hydrogen-bond donors (Lipinski definition) is 0. The van der Waals surface area contributed by atoms with Crippen molar-refractivity contribution < 1.29 is 8.78 Å². The van der Waals surface area contributed by atoms with Crippen molar-refractivity contribution in [3.8, 4) is 11.1 Å². The van der Waals surface area contributed by atoms with Gasteiger partial charge < -0.3 is 0 Å². The number of rotatable bonds is 2. The van der Waals surface area contributed by atoms with E-state index in [4.69, 9.17) is 11.6 Å². The molecule has 1 aromatic carbocycles. The molecule has 0 aliphatic heterocycles. The Hall–Kier alpha value is -2.53. The van der Waals surface area contributed by atoms with Crippen molar-refractivity contribution in [2.75, 3.05) is 0 Å². The highest BCUT2D eigenvalue weighted by Gasteiger charge is 2.20. The van der Waals surface area contributed by atoms with E-state index in [1.165, 1.54) is 6.20 Å². The molecule has 27 heavy (non-hydrogen) atoms. The molecular formula is C21H18ClF2N3. The summed E-state index contributed by atoms with van der Waals surface area (Å²) in [7, 11) is 0. The average molecular weight is 386 g/mol. The smallest absolute Gasteiger partial charge is 0.284 e. The monoisotopic (exact) mass is 385 g/mol. The lowest BCUT2D eigenvalue weighted by molar-refractivity contribution is 0.0796. The van der Waals surface area contributed by atoms with Gasteiger partial charge in [-0.1, -0.05) is 44.5 Å². The van der Waals surface area contributed by atoms with Crippen LogP contribution in [0.2, 0.25) is 5.02 Å². The molecule has 0 N–H and O–H groups in total. The Morgan fingerprint density at radius 1 is 0.963 bits per heavy atom. The summed E-state index contributed by atoms with van der Waals surface area (Å²) in [5.74, 6) is 0. The second-order valence-corrected chi connectivity index (χ2v) is 7.98. The van der Waals surface area contributed by atoms with E-state index in [2.05, 4.69) is 9.97 Å². The molecule has 0 spiro atoms. The predicted octanol–water partition coefficient (Wildman–Crippen LogP) is 6.60. The summed E-state index contributed by atoms with van der Waals surface area (Å²) >= 11 is 6.43. The molecule has 0 fully saturated rings. The van der Waals surface area contributed by atoms with Gasteiger partial charge in [0.25, 0.3) is 0 Å². The maximum atomic E-state index is 13.8. The van der Waals surface area contributed by atoms with Crippen LogP contribution >= 0.6 is 11.6 Å². The number of alkyl halides is 2. The summed E-state index contributed by atoms with van der Waals surface area (Å²) in [6.45, 7) is 3.49. The molecule has 3 heterocycles. The average Bonchev–Trinajstić information content (AvgIpc) is 2.94. The van der Waals surface area contributed by atoms with Crippen LogP contribution in [0.25, 0.3) is 32.9 Å². The van der Waals surface area contributed by atoms with Crippen LogP contribution in [-0.4, -0.2) is 14.5 Å². The van der Waals surface area contributed by atoms with Gasteiger partial charge in [-0.25, -0.2) is 0 Å². The second kappa shape index (κ2) is 6.27. The summed E-state index contributed by atoms with van der Waals surface area (Å²) in [5, 5.41) is 2.02. The van der Waals surface area contributed by atoms with E-state index in [0.717, 1.165) is 26.8 Å². The zero-order chi connectivity index (χ0) is 19.3. The molecule has 0 aliphatic rings. The summed E-state index contributed by atoms with van der Waals surface area (Å²) in [6, 6.07) is 8.95. The maximum Gasteiger partial charge on any atom is 0.319 e. The number of nitrogens with zero attached hydrogens (tertiary/aromatic N) is 3. The van der Waals surface area contributed by atoms with E-state index in [9.17, 15) is 8.78 Å². The van der Waals surface area contributed by atoms with Gasteiger partial charge in [0.2, 0.25) is 0 Å². The first-order valence-corrected chi connectivity index (χ1v) is 8.97. The van der Waals surface area contributed by atoms with Gasteiger partial charge in [-0.15, -0.1) is 0 Å². The fourth-order valence-corrected chi connectivity index (χ4v) is 3.88. The molecule has 0 saturated carbocycles. The summed E-state index contributed by atoms with van der Waals surface area (Å²) in [5.41, 5.74) is 3.14. The molecule has 0 unspecified atom stereocenters. The number of pyridine rings is 2. The van der Waals surface area contributed by atoms with Gasteiger partial charge in [0, 0.05) is 40.3 Å². The van der Waals surface area contributed by atoms with Crippen molar-refractivity contribution in [1.82, 2.24) is 14.5 Å². The third-order valence-corrected chi connectivity index (χ3v) is 4.97. The highest BCUT2D eigenvalue weighted by atomic mass is 35.5. The number of hydrogen-bond acceptors (Lipinski definition) is 2. The molecule has 4 aromatic rings. The first-order valence-electron chi connectivity index (χ1n) is 8.59. The Morgan fingerprint density at radius 3 is 2.41 bits per heavy atom. The van der Waals surface area contributed by atoms with E-state index < -0.39 is 6.55 Å². The summed E-state index contributed by atoms with van der Waals surface area (Å²) in [4.78, 5) is 8.58. The van der Waals surface area contributed by atoms with E-state index in [0.29, 0.717) is 21.4 Å². The molecule has 0 bridgehead atoms. The lowest BCUT2D eigenvalue weighted by atomic mass is 9.91. The Labute approximate surface area is 160 Å². The Kier molecular flexibility index (Phi) is 4.15. The normalized spacial score (nSPS) is 12.4. The van der Waals surface area contributed by atoms with E-state index in [-0.39, 0.29) is 5.41 Å². The third-order valence-electron chi connectivity index (χ3n) is 4.69. The van der Waals surface area contributed by atoms with Crippen LogP contribution in [0.3, 0.4) is 0 Å². The van der Waals surface area contributed by atoms with Gasteiger partial charge in [0.05, 0.1) is 21.7 Å². The van der Waals surface area contributed by atoms with Crippen LogP contribution in [-0.2, 0) is 5.41 Å². The van der Waals surface area contributed by atoms with E-state index in [1.54, 1.807) is 24.5 Å². The van der Waals surface area contributed by atoms with Gasteiger partial charge in [-0.3, -0.25) is 14.5 Å². The highest BCUT2D eigenvalue weighted by Crippen LogP contribution is 2.36. The van der Waals surface area contributed by atoms with Crippen molar-refractivity contribution in [3.05, 3.63) is 59.6 Å². The Morgan fingerprint density at radius 2 is 1.74 bits per heavy atom. The molecule has 0 amide bonds. The van der Waals surface area contributed by atoms with Gasteiger partial charge in [0.1, 0.15) is 0 Å². The molecule has 0 radical (unpaired) electrons. The molecule has 138 valence electrons. The fraction of sp³-hybridized carbons (Fsp3) is 0.238. The van der Waals surface area contributed by atoms with E-state index in [1.807, 2.05) is 39.0 Å². The Bertz CT molecular complexity index is 1160. The summed E-state index contributed by atoms with van der Waals surface area (Å²) in [6.07, 6.45) is 4.88. The number of aromatic nitrogens is 3. The lowest BCUT2D eigenvalue weighted by Gasteiger charge is -2.19. The van der Waals surface area contributed by atoms with E-state index >= 15 is 0 Å². The van der Waals surface area contributed by atoms with Crippen LogP contribution in [0.5, 0.6) is 0 Å². The molecule has 0 atom stereocenters. The van der Waals surface area contributed by atoms with Crippen LogP contribution in [0.1, 0.15) is 33.0 Å². The molecule has 4 rings (SSSR count). The minimum atomic E-state index is -2.65. The van der Waals surface area contributed by atoms with Crippen molar-refractivity contribution in [2.24, 2.45) is 0 Å². The first kappa shape index (κ1) is 17.9. The Balaban J connectivity index is 1.93. The molecule has 0 aliphatic carbocycles. The SMILES string of the molecule is CC(C)(C)c1ncc(-c2ccc3c4cnccc4n(C(F)F)c3c2)cc1Cl. The van der Waals surface area contributed by atoms with Crippen LogP contribution in [0.15, 0.2) is 48.9 Å². The number of fused-ring (bicyclic) bond motifs is 3. The topological polar surface area (TPSA) is 30.7 Å². The maximum absolute atomic E-state index is 13.8. The predicted molar refractivity (Wildman–Crippen MR) is 105 cm³/mol. The van der Waals surface area contributed by atoms with Gasteiger partial charge >= 0.3 is 6.55 Å². The standard InChI is InChI=1S/C21H18ClF2N3/c1-21(2,3)19-16(22)8-13(10-26-19)12-4-5-14-15-11-25-7-6-17(15)27(20(23)24)18(14)9-12/h4-11,20H,1-3H3. The molecule has 3 aromatic heterocycles. The van der Waals surface area contributed by atoms with Crippen LogP contribution in [0.4, 0.5) is 8.78 Å². The molecular weight excluding hydrogens is 368 g/mol.